The van der Waals surface area contributed by atoms with Gasteiger partial charge in [-0.3, -0.25) is 9.69 Å². The van der Waals surface area contributed by atoms with Gasteiger partial charge < -0.3 is 9.84 Å². The van der Waals surface area contributed by atoms with Gasteiger partial charge in [-0.2, -0.15) is 0 Å². The van der Waals surface area contributed by atoms with Crippen LogP contribution in [-0.4, -0.2) is 46.2 Å². The van der Waals surface area contributed by atoms with Gasteiger partial charge in [0.15, 0.2) is 0 Å². The number of carboxylic acids is 1. The number of nitrogens with zero attached hydrogens (tertiary/aromatic N) is 1. The Hall–Kier alpha value is -1.36. The molecule has 5 heteroatoms. The second-order valence-electron chi connectivity index (χ2n) is 5.45. The van der Waals surface area contributed by atoms with Crippen molar-refractivity contribution < 1.29 is 19.4 Å². The van der Waals surface area contributed by atoms with Crippen molar-refractivity contribution in [3.8, 4) is 0 Å². The second kappa shape index (κ2) is 5.52. The van der Waals surface area contributed by atoms with Crippen LogP contribution >= 0.6 is 0 Å². The topological polar surface area (TPSA) is 66.8 Å². The fraction of sp³-hybridized carbons (Fsp3) is 0.692. The smallest absolute Gasteiger partial charge is 0.327 e. The molecule has 0 aliphatic carbocycles. The minimum Gasteiger partial charge on any atom is -0.480 e. The highest BCUT2D eigenvalue weighted by molar-refractivity contribution is 5.81. The molecule has 0 saturated carbocycles. The summed E-state index contributed by atoms with van der Waals surface area (Å²) < 4.78 is 5.29. The van der Waals surface area contributed by atoms with E-state index in [9.17, 15) is 9.59 Å². The van der Waals surface area contributed by atoms with E-state index in [4.69, 9.17) is 9.84 Å². The predicted octanol–water partition coefficient (Wildman–Crippen LogP) is 1.43. The molecule has 1 heterocycles. The molecule has 0 bridgehead atoms. The molecule has 1 aliphatic rings. The van der Waals surface area contributed by atoms with Gasteiger partial charge in [0.1, 0.15) is 17.7 Å². The number of hydrogen-bond donors (Lipinski definition) is 1. The van der Waals surface area contributed by atoms with Gasteiger partial charge in [0, 0.05) is 6.54 Å². The van der Waals surface area contributed by atoms with Crippen LogP contribution in [0.1, 0.15) is 33.6 Å². The van der Waals surface area contributed by atoms with Crippen molar-refractivity contribution in [2.75, 3.05) is 6.54 Å². The Bertz CT molecular complexity index is 345. The molecule has 102 valence electrons. The molecule has 1 fully saturated rings. The summed E-state index contributed by atoms with van der Waals surface area (Å²) in [5.41, 5.74) is -0.587. The summed E-state index contributed by atoms with van der Waals surface area (Å²) in [4.78, 5) is 24.8. The lowest BCUT2D eigenvalue weighted by Gasteiger charge is -2.30. The van der Waals surface area contributed by atoms with E-state index in [1.807, 2.05) is 0 Å². The summed E-state index contributed by atoms with van der Waals surface area (Å²) in [6.45, 7) is 9.54. The average molecular weight is 255 g/mol. The molecule has 0 amide bonds. The number of carbonyl (C=O) groups excluding carboxylic acids is 1. The van der Waals surface area contributed by atoms with E-state index in [-0.39, 0.29) is 0 Å². The van der Waals surface area contributed by atoms with Crippen LogP contribution in [0.3, 0.4) is 0 Å². The second-order valence-corrected chi connectivity index (χ2v) is 5.45. The van der Waals surface area contributed by atoms with Gasteiger partial charge in [-0.05, 0) is 33.6 Å². The van der Waals surface area contributed by atoms with E-state index in [0.717, 1.165) is 6.42 Å². The van der Waals surface area contributed by atoms with Crippen molar-refractivity contribution in [1.29, 1.82) is 0 Å². The van der Waals surface area contributed by atoms with Crippen molar-refractivity contribution in [3.63, 3.8) is 0 Å². The summed E-state index contributed by atoms with van der Waals surface area (Å²) >= 11 is 0. The Kier molecular flexibility index (Phi) is 4.51. The number of likely N-dealkylation sites (tertiary alicyclic amines) is 1. The zero-order valence-corrected chi connectivity index (χ0v) is 11.2. The van der Waals surface area contributed by atoms with Gasteiger partial charge in [0.2, 0.25) is 0 Å². The monoisotopic (exact) mass is 255 g/mol. The number of ether oxygens (including phenoxy) is 1. The van der Waals surface area contributed by atoms with E-state index < -0.39 is 29.6 Å². The third-order valence-electron chi connectivity index (χ3n) is 2.81. The first kappa shape index (κ1) is 14.7. The Labute approximate surface area is 107 Å². The summed E-state index contributed by atoms with van der Waals surface area (Å²) in [6.07, 6.45) is 2.78. The van der Waals surface area contributed by atoms with Crippen LogP contribution in [0.15, 0.2) is 12.7 Å². The molecular formula is C13H21NO4. The van der Waals surface area contributed by atoms with Gasteiger partial charge in [-0.25, -0.2) is 4.79 Å². The molecule has 0 spiro atoms. The van der Waals surface area contributed by atoms with Crippen LogP contribution in [-0.2, 0) is 14.3 Å². The maximum absolute atomic E-state index is 12.0. The molecule has 1 rings (SSSR count). The van der Waals surface area contributed by atoms with Crippen molar-refractivity contribution in [1.82, 2.24) is 4.90 Å². The molecule has 0 aromatic heterocycles. The molecule has 18 heavy (non-hydrogen) atoms. The van der Waals surface area contributed by atoms with Gasteiger partial charge in [-0.1, -0.05) is 6.08 Å². The minimum absolute atomic E-state index is 0.439. The van der Waals surface area contributed by atoms with Crippen LogP contribution in [0.25, 0.3) is 0 Å². The molecule has 1 saturated heterocycles. The van der Waals surface area contributed by atoms with Gasteiger partial charge >= 0.3 is 11.9 Å². The third kappa shape index (κ3) is 3.57. The van der Waals surface area contributed by atoms with E-state index in [1.54, 1.807) is 25.7 Å². The first-order valence-electron chi connectivity index (χ1n) is 6.10. The molecule has 0 aromatic carbocycles. The number of esters is 1. The largest absolute Gasteiger partial charge is 0.480 e. The standard InChI is InChI=1S/C13H21NO4/c1-5-9(12(17)18-13(2,3)4)14-8-6-7-10(14)11(15)16/h5,9-10H,1,6-8H2,2-4H3,(H,15,16)/t9-,10-/m1/s1. The summed E-state index contributed by atoms with van der Waals surface area (Å²) in [7, 11) is 0. The molecule has 2 atom stereocenters. The van der Waals surface area contributed by atoms with E-state index in [0.29, 0.717) is 13.0 Å². The summed E-state index contributed by atoms with van der Waals surface area (Å²) in [5, 5.41) is 9.11. The normalized spacial score (nSPS) is 22.5. The number of carbonyl (C=O) groups is 2. The van der Waals surface area contributed by atoms with Crippen LogP contribution in [0.4, 0.5) is 0 Å². The van der Waals surface area contributed by atoms with Gasteiger partial charge in [0.05, 0.1) is 0 Å². The van der Waals surface area contributed by atoms with Gasteiger partial charge in [-0.15, -0.1) is 6.58 Å². The van der Waals surface area contributed by atoms with E-state index in [2.05, 4.69) is 6.58 Å². The maximum Gasteiger partial charge on any atom is 0.327 e. The maximum atomic E-state index is 12.0. The zero-order chi connectivity index (χ0) is 13.9. The van der Waals surface area contributed by atoms with Gasteiger partial charge in [0.25, 0.3) is 0 Å². The average Bonchev–Trinajstić information content (AvgIpc) is 2.64. The fourth-order valence-corrected chi connectivity index (χ4v) is 2.12. The number of rotatable bonds is 4. The lowest BCUT2D eigenvalue weighted by Crippen LogP contribution is -2.48. The van der Waals surface area contributed by atoms with Crippen LogP contribution in [0.5, 0.6) is 0 Å². The molecule has 0 aromatic rings. The summed E-state index contributed by atoms with van der Waals surface area (Å²) in [6, 6.07) is -1.31. The van der Waals surface area contributed by atoms with E-state index in [1.165, 1.54) is 6.08 Å². The number of carboxylic acid groups (broad SMARTS) is 1. The lowest BCUT2D eigenvalue weighted by atomic mass is 10.1. The summed E-state index contributed by atoms with van der Waals surface area (Å²) in [5.74, 6) is -1.34. The van der Waals surface area contributed by atoms with Crippen LogP contribution < -0.4 is 0 Å². The van der Waals surface area contributed by atoms with Crippen molar-refractivity contribution in [2.45, 2.75) is 51.3 Å². The molecule has 0 radical (unpaired) electrons. The fourth-order valence-electron chi connectivity index (χ4n) is 2.12. The molecule has 1 N–H and O–H groups in total. The molecule has 1 aliphatic heterocycles. The SMILES string of the molecule is C=C[C@H](C(=O)OC(C)(C)C)N1CCC[C@@H]1C(=O)O. The molecular weight excluding hydrogens is 234 g/mol. The van der Waals surface area contributed by atoms with Crippen molar-refractivity contribution in [2.24, 2.45) is 0 Å². The minimum atomic E-state index is -0.900. The molecule has 0 unspecified atom stereocenters. The zero-order valence-electron chi connectivity index (χ0n) is 11.2. The lowest BCUT2D eigenvalue weighted by molar-refractivity contribution is -0.161. The third-order valence-corrected chi connectivity index (χ3v) is 2.81. The number of aliphatic carboxylic acids is 1. The predicted molar refractivity (Wildman–Crippen MR) is 67.2 cm³/mol. The Balaban J connectivity index is 2.80. The van der Waals surface area contributed by atoms with E-state index >= 15 is 0 Å². The van der Waals surface area contributed by atoms with Crippen molar-refractivity contribution in [3.05, 3.63) is 12.7 Å². The highest BCUT2D eigenvalue weighted by Crippen LogP contribution is 2.22. The number of hydrogen-bond acceptors (Lipinski definition) is 4. The highest BCUT2D eigenvalue weighted by Gasteiger charge is 2.38. The van der Waals surface area contributed by atoms with Crippen LogP contribution in [0, 0.1) is 0 Å². The first-order valence-corrected chi connectivity index (χ1v) is 6.10. The molecule has 5 nitrogen and oxygen atoms in total. The Morgan fingerprint density at radius 2 is 2.11 bits per heavy atom. The highest BCUT2D eigenvalue weighted by atomic mass is 16.6. The Morgan fingerprint density at radius 3 is 2.56 bits per heavy atom. The first-order chi connectivity index (χ1) is 8.26. The van der Waals surface area contributed by atoms with Crippen LogP contribution in [0.2, 0.25) is 0 Å². The Morgan fingerprint density at radius 1 is 1.50 bits per heavy atom. The quantitative estimate of drug-likeness (QED) is 0.608. The van der Waals surface area contributed by atoms with Crippen molar-refractivity contribution >= 4 is 11.9 Å².